The zero-order chi connectivity index (χ0) is 26.5. The molecule has 2 heterocycles. The summed E-state index contributed by atoms with van der Waals surface area (Å²) in [5.74, 6) is -0.345. The number of nitriles is 1. The number of hydrazine groups is 2. The number of nitrogens with zero attached hydrogens (tertiary/aromatic N) is 3. The molecule has 0 amide bonds. The normalized spacial score (nSPS) is 19.6. The monoisotopic (exact) mass is 527 g/mol. The summed E-state index contributed by atoms with van der Waals surface area (Å²) in [7, 11) is 7.07. The molecule has 0 bridgehead atoms. The van der Waals surface area contributed by atoms with E-state index in [-0.39, 0.29) is 11.4 Å². The zero-order valence-corrected chi connectivity index (χ0v) is 21.9. The van der Waals surface area contributed by atoms with Crippen molar-refractivity contribution in [1.29, 1.82) is 5.26 Å². The SMILES string of the molecule is [B]C(Nc1cc(Cl)c2ncc(C#N)c(NC3(CC)CCC3)c2c1)(C1=CN(C2CC2)NN1)c1ccc(F)cc1. The van der Waals surface area contributed by atoms with Crippen molar-refractivity contribution in [3.8, 4) is 6.07 Å². The lowest BCUT2D eigenvalue weighted by molar-refractivity contribution is 0.260. The summed E-state index contributed by atoms with van der Waals surface area (Å²) >= 11 is 6.76. The highest BCUT2D eigenvalue weighted by Gasteiger charge is 2.38. The van der Waals surface area contributed by atoms with Crippen LogP contribution in [0, 0.1) is 17.1 Å². The molecule has 38 heavy (non-hydrogen) atoms. The van der Waals surface area contributed by atoms with Gasteiger partial charge < -0.3 is 16.1 Å². The van der Waals surface area contributed by atoms with Crippen molar-refractivity contribution in [2.24, 2.45) is 0 Å². The largest absolute Gasteiger partial charge is 0.378 e. The first-order chi connectivity index (χ1) is 18.3. The molecule has 2 aromatic carbocycles. The van der Waals surface area contributed by atoms with Crippen LogP contribution in [0.3, 0.4) is 0 Å². The maximum absolute atomic E-state index is 13.8. The van der Waals surface area contributed by atoms with Crippen molar-refractivity contribution in [1.82, 2.24) is 21.0 Å². The van der Waals surface area contributed by atoms with E-state index < -0.39 is 5.44 Å². The lowest BCUT2D eigenvalue weighted by Gasteiger charge is -2.43. The average molecular weight is 528 g/mol. The molecule has 6 rings (SSSR count). The van der Waals surface area contributed by atoms with E-state index in [1.165, 1.54) is 12.1 Å². The first-order valence-electron chi connectivity index (χ1n) is 13.0. The summed E-state index contributed by atoms with van der Waals surface area (Å²) in [6, 6.07) is 12.5. The van der Waals surface area contributed by atoms with E-state index in [0.29, 0.717) is 39.1 Å². The van der Waals surface area contributed by atoms with Crippen LogP contribution >= 0.6 is 11.6 Å². The Morgan fingerprint density at radius 3 is 2.68 bits per heavy atom. The molecule has 3 aromatic rings. The van der Waals surface area contributed by atoms with Crippen molar-refractivity contribution in [3.63, 3.8) is 0 Å². The molecule has 3 aliphatic rings. The topological polar surface area (TPSA) is 88.0 Å². The number of benzene rings is 2. The lowest BCUT2D eigenvalue weighted by Crippen LogP contribution is -2.45. The summed E-state index contributed by atoms with van der Waals surface area (Å²) < 4.78 is 13.8. The lowest BCUT2D eigenvalue weighted by atomic mass is 9.69. The third-order valence-electron chi connectivity index (χ3n) is 8.02. The highest BCUT2D eigenvalue weighted by molar-refractivity contribution is 6.36. The van der Waals surface area contributed by atoms with E-state index in [4.69, 9.17) is 19.4 Å². The third kappa shape index (κ3) is 4.32. The van der Waals surface area contributed by atoms with Crippen LogP contribution < -0.4 is 21.6 Å². The number of pyridine rings is 1. The van der Waals surface area contributed by atoms with Crippen LogP contribution in [0.2, 0.25) is 5.02 Å². The van der Waals surface area contributed by atoms with Gasteiger partial charge in [0.15, 0.2) is 0 Å². The second kappa shape index (κ2) is 9.37. The third-order valence-corrected chi connectivity index (χ3v) is 8.31. The van der Waals surface area contributed by atoms with Crippen LogP contribution in [0.25, 0.3) is 10.9 Å². The van der Waals surface area contributed by atoms with Gasteiger partial charge >= 0.3 is 0 Å². The van der Waals surface area contributed by atoms with Crippen molar-refractivity contribution in [3.05, 3.63) is 76.5 Å². The molecule has 0 saturated heterocycles. The highest BCUT2D eigenvalue weighted by atomic mass is 35.5. The van der Waals surface area contributed by atoms with Gasteiger partial charge in [-0.05, 0) is 68.4 Å². The van der Waals surface area contributed by atoms with Gasteiger partial charge in [-0.3, -0.25) is 9.99 Å². The second-order valence-corrected chi connectivity index (χ2v) is 10.9. The summed E-state index contributed by atoms with van der Waals surface area (Å²) in [6.45, 7) is 2.16. The van der Waals surface area contributed by atoms with Crippen LogP contribution in [0.1, 0.15) is 56.6 Å². The molecule has 2 radical (unpaired) electrons. The van der Waals surface area contributed by atoms with Crippen molar-refractivity contribution in [2.75, 3.05) is 10.6 Å². The smallest absolute Gasteiger partial charge is 0.123 e. The van der Waals surface area contributed by atoms with E-state index in [1.807, 2.05) is 17.3 Å². The summed E-state index contributed by atoms with van der Waals surface area (Å²) in [5.41, 5.74) is 8.85. The Morgan fingerprint density at radius 1 is 1.29 bits per heavy atom. The van der Waals surface area contributed by atoms with Gasteiger partial charge in [0.05, 0.1) is 32.9 Å². The van der Waals surface area contributed by atoms with E-state index in [2.05, 4.69) is 39.6 Å². The van der Waals surface area contributed by atoms with Crippen LogP contribution in [0.4, 0.5) is 15.8 Å². The van der Waals surface area contributed by atoms with Crippen molar-refractivity contribution < 1.29 is 4.39 Å². The van der Waals surface area contributed by atoms with E-state index in [1.54, 1.807) is 24.4 Å². The maximum Gasteiger partial charge on any atom is 0.123 e. The molecule has 2 saturated carbocycles. The Kier molecular flexibility index (Phi) is 6.12. The molecule has 2 aliphatic carbocycles. The number of anilines is 2. The van der Waals surface area contributed by atoms with E-state index in [0.717, 1.165) is 49.6 Å². The van der Waals surface area contributed by atoms with Crippen LogP contribution in [0.15, 0.2) is 54.5 Å². The minimum Gasteiger partial charge on any atom is -0.378 e. The first kappa shape index (κ1) is 24.8. The second-order valence-electron chi connectivity index (χ2n) is 10.5. The number of rotatable bonds is 8. The quantitative estimate of drug-likeness (QED) is 0.292. The minimum atomic E-state index is -1.24. The predicted molar refractivity (Wildman–Crippen MR) is 149 cm³/mol. The molecular weight excluding hydrogens is 500 g/mol. The van der Waals surface area contributed by atoms with Gasteiger partial charge in [0.1, 0.15) is 19.7 Å². The van der Waals surface area contributed by atoms with Crippen LogP contribution in [-0.2, 0) is 5.44 Å². The van der Waals surface area contributed by atoms with E-state index in [9.17, 15) is 9.65 Å². The number of aromatic nitrogens is 1. The Morgan fingerprint density at radius 2 is 2.05 bits per heavy atom. The molecule has 192 valence electrons. The Bertz CT molecular complexity index is 1460. The molecule has 1 aromatic heterocycles. The van der Waals surface area contributed by atoms with Gasteiger partial charge in [0, 0.05) is 35.1 Å². The zero-order valence-electron chi connectivity index (χ0n) is 21.1. The number of hydrogen-bond acceptors (Lipinski definition) is 7. The van der Waals surface area contributed by atoms with Gasteiger partial charge in [-0.2, -0.15) is 5.26 Å². The summed E-state index contributed by atoms with van der Waals surface area (Å²) in [4.78, 5) is 4.50. The maximum atomic E-state index is 13.8. The van der Waals surface area contributed by atoms with Crippen molar-refractivity contribution >= 4 is 41.7 Å². The minimum absolute atomic E-state index is 0.0436. The number of nitrogens with one attached hydrogen (secondary N) is 4. The molecule has 2 fully saturated rings. The molecule has 10 heteroatoms. The first-order valence-corrected chi connectivity index (χ1v) is 13.4. The van der Waals surface area contributed by atoms with E-state index >= 15 is 0 Å². The number of hydrogen-bond donors (Lipinski definition) is 4. The number of halogens is 2. The van der Waals surface area contributed by atoms with Gasteiger partial charge in [-0.1, -0.05) is 30.7 Å². The Hall–Kier alpha value is -3.48. The van der Waals surface area contributed by atoms with Crippen LogP contribution in [0.5, 0.6) is 0 Å². The predicted octanol–water partition coefficient (Wildman–Crippen LogP) is 5.41. The fourth-order valence-corrected chi connectivity index (χ4v) is 5.57. The highest BCUT2D eigenvalue weighted by Crippen LogP contribution is 2.42. The van der Waals surface area contributed by atoms with Crippen LogP contribution in [-0.4, -0.2) is 29.4 Å². The average Bonchev–Trinajstić information content (AvgIpc) is 3.62. The molecule has 7 nitrogen and oxygen atoms in total. The summed E-state index contributed by atoms with van der Waals surface area (Å²) in [5, 5.41) is 20.2. The van der Waals surface area contributed by atoms with Gasteiger partial charge in [0.25, 0.3) is 0 Å². The number of fused-ring (bicyclic) bond motifs is 1. The molecule has 1 atom stereocenters. The van der Waals surface area contributed by atoms with Gasteiger partial charge in [-0.15, -0.1) is 5.53 Å². The molecule has 1 unspecified atom stereocenters. The standard InChI is InChI=1S/C28H28BClFN7/c1-2-27(10-3-11-27)35-25-17(14-32)15-33-26-22(25)12-20(13-23(26)30)34-28(29,18-4-6-19(31)7-5-18)24-16-38(37-36-24)21-8-9-21/h4-7,12-13,15-16,21,34,36-37H,2-3,8-11H2,1H3,(H,33,35). The summed E-state index contributed by atoms with van der Waals surface area (Å²) in [6.07, 6.45) is 9.92. The van der Waals surface area contributed by atoms with Gasteiger partial charge in [0.2, 0.25) is 0 Å². The van der Waals surface area contributed by atoms with Crippen molar-refractivity contribution in [2.45, 2.75) is 62.5 Å². The fourth-order valence-electron chi connectivity index (χ4n) is 5.30. The Balaban J connectivity index is 1.45. The Labute approximate surface area is 227 Å². The molecular formula is C28H28BClFN7. The molecule has 4 N–H and O–H groups in total. The fraction of sp³-hybridized carbons (Fsp3) is 0.357. The van der Waals surface area contributed by atoms with Gasteiger partial charge in [-0.25, -0.2) is 4.39 Å². The molecule has 0 spiro atoms. The molecule has 1 aliphatic heterocycles.